The summed E-state index contributed by atoms with van der Waals surface area (Å²) in [7, 11) is 0. The van der Waals surface area contributed by atoms with Crippen molar-refractivity contribution in [2.24, 2.45) is 0 Å². The first-order chi connectivity index (χ1) is 7.99. The first-order valence-electron chi connectivity index (χ1n) is 5.13. The average Bonchev–Trinajstić information content (AvgIpc) is 2.83. The first-order valence-corrected chi connectivity index (χ1v) is 6.12. The van der Waals surface area contributed by atoms with Gasteiger partial charge in [0.25, 0.3) is 5.24 Å². The molecule has 7 nitrogen and oxygen atoms in total. The summed E-state index contributed by atoms with van der Waals surface area (Å²) in [5, 5.41) is 20.5. The van der Waals surface area contributed by atoms with Crippen LogP contribution in [0.2, 0.25) is 0 Å². The number of nitrogens with one attached hydrogen (secondary N) is 1. The van der Waals surface area contributed by atoms with E-state index in [-0.39, 0.29) is 18.2 Å². The summed E-state index contributed by atoms with van der Waals surface area (Å²) in [5.74, 6) is -1.27. The van der Waals surface area contributed by atoms with Gasteiger partial charge in [-0.15, -0.1) is 0 Å². The predicted molar refractivity (Wildman–Crippen MR) is 58.5 cm³/mol. The van der Waals surface area contributed by atoms with Gasteiger partial charge in [-0.2, -0.15) is 0 Å². The molecule has 1 unspecified atom stereocenters. The zero-order valence-electron chi connectivity index (χ0n) is 8.83. The summed E-state index contributed by atoms with van der Waals surface area (Å²) >= 11 is 0.995. The third-order valence-electron chi connectivity index (χ3n) is 2.82. The number of aliphatic carboxylic acids is 1. The van der Waals surface area contributed by atoms with Crippen LogP contribution in [0.4, 0.5) is 4.79 Å². The van der Waals surface area contributed by atoms with Crippen molar-refractivity contribution in [2.75, 3.05) is 12.3 Å². The van der Waals surface area contributed by atoms with Gasteiger partial charge in [0, 0.05) is 18.7 Å². The van der Waals surface area contributed by atoms with Crippen molar-refractivity contribution in [3.63, 3.8) is 0 Å². The maximum atomic E-state index is 12.0. The van der Waals surface area contributed by atoms with Crippen molar-refractivity contribution in [1.82, 2.24) is 10.2 Å². The standard InChI is InChI=1S/C9H12N2O5S/c12-4-1-6(8(14)15)11(2-4)7(13)5-3-17-9(16)10-5/h4-6,12H,1-3H2,(H,10,16)(H,14,15)/t4-,5?,6-/m1/s1. The Kier molecular flexibility index (Phi) is 3.25. The molecule has 0 saturated carbocycles. The molecule has 0 bridgehead atoms. The van der Waals surface area contributed by atoms with Crippen LogP contribution >= 0.6 is 11.8 Å². The van der Waals surface area contributed by atoms with Gasteiger partial charge in [0.2, 0.25) is 5.91 Å². The highest BCUT2D eigenvalue weighted by Crippen LogP contribution is 2.22. The summed E-state index contributed by atoms with van der Waals surface area (Å²) in [6.45, 7) is 0.00678. The molecule has 0 aromatic carbocycles. The van der Waals surface area contributed by atoms with Crippen molar-refractivity contribution >= 4 is 28.9 Å². The lowest BCUT2D eigenvalue weighted by Crippen LogP contribution is -2.49. The van der Waals surface area contributed by atoms with E-state index in [0.717, 1.165) is 16.7 Å². The largest absolute Gasteiger partial charge is 0.480 e. The second-order valence-corrected chi connectivity index (χ2v) is 5.02. The lowest BCUT2D eigenvalue weighted by atomic mass is 10.2. The summed E-state index contributed by atoms with van der Waals surface area (Å²) in [6, 6.07) is -1.68. The predicted octanol–water partition coefficient (Wildman–Crippen LogP) is -1.14. The minimum absolute atomic E-state index is 0.00678. The van der Waals surface area contributed by atoms with Crippen molar-refractivity contribution in [2.45, 2.75) is 24.6 Å². The van der Waals surface area contributed by atoms with Crippen LogP contribution in [0.1, 0.15) is 6.42 Å². The van der Waals surface area contributed by atoms with Crippen molar-refractivity contribution in [3.05, 3.63) is 0 Å². The fourth-order valence-corrected chi connectivity index (χ4v) is 2.78. The van der Waals surface area contributed by atoms with Crippen molar-refractivity contribution in [3.8, 4) is 0 Å². The number of nitrogens with zero attached hydrogens (tertiary/aromatic N) is 1. The molecule has 0 radical (unpaired) electrons. The minimum Gasteiger partial charge on any atom is -0.480 e. The number of carbonyl (C=O) groups is 3. The van der Waals surface area contributed by atoms with Gasteiger partial charge in [0.05, 0.1) is 6.10 Å². The molecule has 0 aromatic rings. The van der Waals surface area contributed by atoms with Gasteiger partial charge in [-0.05, 0) is 0 Å². The van der Waals surface area contributed by atoms with E-state index >= 15 is 0 Å². The third-order valence-corrected chi connectivity index (χ3v) is 3.70. The minimum atomic E-state index is -1.13. The topological polar surface area (TPSA) is 107 Å². The van der Waals surface area contributed by atoms with E-state index < -0.39 is 30.1 Å². The SMILES string of the molecule is O=C1NC(C(=O)N2C[C@H](O)C[C@@H]2C(=O)O)CS1. The average molecular weight is 260 g/mol. The van der Waals surface area contributed by atoms with E-state index in [0.29, 0.717) is 5.75 Å². The number of amides is 2. The van der Waals surface area contributed by atoms with Gasteiger partial charge in [0.15, 0.2) is 0 Å². The summed E-state index contributed by atoms with van der Waals surface area (Å²) in [4.78, 5) is 35.0. The Morgan fingerprint density at radius 3 is 2.71 bits per heavy atom. The van der Waals surface area contributed by atoms with Crippen LogP contribution in [-0.4, -0.2) is 62.7 Å². The van der Waals surface area contributed by atoms with Crippen LogP contribution < -0.4 is 5.32 Å². The van der Waals surface area contributed by atoms with Crippen LogP contribution in [0.15, 0.2) is 0 Å². The molecule has 2 amide bonds. The molecule has 3 N–H and O–H groups in total. The highest BCUT2D eigenvalue weighted by atomic mass is 32.2. The molecule has 0 aliphatic carbocycles. The van der Waals surface area contributed by atoms with Crippen molar-refractivity contribution in [1.29, 1.82) is 0 Å². The highest BCUT2D eigenvalue weighted by Gasteiger charge is 2.42. The molecule has 8 heteroatoms. The van der Waals surface area contributed by atoms with Gasteiger partial charge in [-0.3, -0.25) is 9.59 Å². The molecule has 2 aliphatic rings. The molecule has 2 saturated heterocycles. The molecule has 2 heterocycles. The molecule has 94 valence electrons. The van der Waals surface area contributed by atoms with E-state index in [1.54, 1.807) is 0 Å². The van der Waals surface area contributed by atoms with E-state index in [4.69, 9.17) is 5.11 Å². The van der Waals surface area contributed by atoms with E-state index in [2.05, 4.69) is 5.32 Å². The lowest BCUT2D eigenvalue weighted by molar-refractivity contribution is -0.148. The zero-order chi connectivity index (χ0) is 12.6. The number of hydrogen-bond donors (Lipinski definition) is 3. The molecule has 2 fully saturated rings. The fraction of sp³-hybridized carbons (Fsp3) is 0.667. The second kappa shape index (κ2) is 4.53. The molecular formula is C9H12N2O5S. The van der Waals surface area contributed by atoms with Gasteiger partial charge in [0.1, 0.15) is 12.1 Å². The smallest absolute Gasteiger partial charge is 0.326 e. The number of carboxylic acid groups (broad SMARTS) is 1. The number of aliphatic hydroxyl groups excluding tert-OH is 1. The Morgan fingerprint density at radius 1 is 1.47 bits per heavy atom. The fourth-order valence-electron chi connectivity index (χ4n) is 2.01. The normalized spacial score (nSPS) is 32.6. The Bertz CT molecular complexity index is 374. The molecular weight excluding hydrogens is 248 g/mol. The monoisotopic (exact) mass is 260 g/mol. The quantitative estimate of drug-likeness (QED) is 0.579. The van der Waals surface area contributed by atoms with Gasteiger partial charge >= 0.3 is 5.97 Å². The Morgan fingerprint density at radius 2 is 2.18 bits per heavy atom. The van der Waals surface area contributed by atoms with Crippen LogP contribution in [0.5, 0.6) is 0 Å². The molecule has 0 aromatic heterocycles. The maximum absolute atomic E-state index is 12.0. The van der Waals surface area contributed by atoms with Crippen LogP contribution in [0.25, 0.3) is 0 Å². The van der Waals surface area contributed by atoms with Crippen LogP contribution in [-0.2, 0) is 9.59 Å². The number of carbonyl (C=O) groups excluding carboxylic acids is 2. The maximum Gasteiger partial charge on any atom is 0.326 e. The summed E-state index contributed by atoms with van der Waals surface area (Å²) < 4.78 is 0. The molecule has 2 rings (SSSR count). The van der Waals surface area contributed by atoms with Crippen LogP contribution in [0.3, 0.4) is 0 Å². The Balaban J connectivity index is 2.07. The first kappa shape index (κ1) is 12.2. The Labute approximate surface area is 101 Å². The summed E-state index contributed by atoms with van der Waals surface area (Å²) in [6.07, 6.45) is -0.778. The number of hydrogen-bond acceptors (Lipinski definition) is 5. The Hall–Kier alpha value is -1.28. The highest BCUT2D eigenvalue weighted by molar-refractivity contribution is 8.14. The zero-order valence-corrected chi connectivity index (χ0v) is 9.64. The van der Waals surface area contributed by atoms with E-state index in [1.165, 1.54) is 0 Å². The lowest BCUT2D eigenvalue weighted by Gasteiger charge is -2.23. The molecule has 2 aliphatic heterocycles. The number of aliphatic hydroxyl groups is 1. The molecule has 3 atom stereocenters. The van der Waals surface area contributed by atoms with E-state index in [9.17, 15) is 19.5 Å². The second-order valence-electron chi connectivity index (χ2n) is 4.03. The number of β-amino-alcohol motifs (C(OH)–C–C–N with tert-alkyl or cyclic N) is 1. The molecule has 17 heavy (non-hydrogen) atoms. The number of carboxylic acids is 1. The van der Waals surface area contributed by atoms with Gasteiger partial charge < -0.3 is 20.4 Å². The summed E-state index contributed by atoms with van der Waals surface area (Å²) in [5.41, 5.74) is 0. The number of likely N-dealkylation sites (tertiary alicyclic amines) is 1. The van der Waals surface area contributed by atoms with Crippen molar-refractivity contribution < 1.29 is 24.6 Å². The van der Waals surface area contributed by atoms with E-state index in [1.807, 2.05) is 0 Å². The number of thioether (sulfide) groups is 1. The van der Waals surface area contributed by atoms with Gasteiger partial charge in [-0.25, -0.2) is 4.79 Å². The number of rotatable bonds is 2. The van der Waals surface area contributed by atoms with Gasteiger partial charge in [-0.1, -0.05) is 11.8 Å². The molecule has 0 spiro atoms. The third kappa shape index (κ3) is 2.37. The van der Waals surface area contributed by atoms with Crippen LogP contribution in [0, 0.1) is 0 Å².